The van der Waals surface area contributed by atoms with Gasteiger partial charge in [0.1, 0.15) is 11.4 Å². The Balaban J connectivity index is 1.99. The molecule has 0 bridgehead atoms. The minimum Gasteiger partial charge on any atom is -0.444 e. The average Bonchev–Trinajstić information content (AvgIpc) is 2.47. The summed E-state index contributed by atoms with van der Waals surface area (Å²) >= 11 is 0. The van der Waals surface area contributed by atoms with Crippen molar-refractivity contribution in [2.24, 2.45) is 0 Å². The second-order valence-corrected chi connectivity index (χ2v) is 6.61. The third kappa shape index (κ3) is 5.63. The molecule has 1 amide bonds. The first kappa shape index (κ1) is 18.4. The van der Waals surface area contributed by atoms with Crippen molar-refractivity contribution in [2.45, 2.75) is 45.5 Å². The first-order valence-electron chi connectivity index (χ1n) is 7.87. The predicted molar refractivity (Wildman–Crippen MR) is 84.3 cm³/mol. The van der Waals surface area contributed by atoms with Gasteiger partial charge in [0.25, 0.3) is 0 Å². The van der Waals surface area contributed by atoms with Gasteiger partial charge in [-0.1, -0.05) is 18.2 Å². The van der Waals surface area contributed by atoms with E-state index in [1.807, 2.05) is 0 Å². The zero-order valence-electron chi connectivity index (χ0n) is 14.1. The van der Waals surface area contributed by atoms with Gasteiger partial charge in [-0.2, -0.15) is 8.78 Å². The Labute approximate surface area is 140 Å². The Morgan fingerprint density at radius 3 is 2.75 bits per heavy atom. The zero-order chi connectivity index (χ0) is 17.7. The Morgan fingerprint density at radius 2 is 2.08 bits per heavy atom. The average molecular weight is 343 g/mol. The summed E-state index contributed by atoms with van der Waals surface area (Å²) in [5.41, 5.74) is 0.0524. The van der Waals surface area contributed by atoms with E-state index < -0.39 is 18.3 Å². The maximum absolute atomic E-state index is 12.5. The molecule has 0 radical (unpaired) electrons. The third-order valence-corrected chi connectivity index (χ3v) is 3.43. The molecule has 0 saturated carbocycles. The van der Waals surface area contributed by atoms with Crippen molar-refractivity contribution in [3.63, 3.8) is 0 Å². The molecule has 1 aliphatic rings. The van der Waals surface area contributed by atoms with Crippen LogP contribution >= 0.6 is 0 Å². The Morgan fingerprint density at radius 1 is 1.38 bits per heavy atom. The second-order valence-electron chi connectivity index (χ2n) is 6.61. The van der Waals surface area contributed by atoms with E-state index in [0.29, 0.717) is 31.7 Å². The van der Waals surface area contributed by atoms with Gasteiger partial charge in [-0.3, -0.25) is 0 Å². The number of benzene rings is 1. The summed E-state index contributed by atoms with van der Waals surface area (Å²) in [6, 6.07) is 6.60. The van der Waals surface area contributed by atoms with Gasteiger partial charge in [-0.25, -0.2) is 4.79 Å². The summed E-state index contributed by atoms with van der Waals surface area (Å²) in [7, 11) is 0. The molecule has 1 atom stereocenters. The van der Waals surface area contributed by atoms with Gasteiger partial charge in [0, 0.05) is 13.0 Å². The van der Waals surface area contributed by atoms with Crippen LogP contribution < -0.4 is 4.74 Å². The summed E-state index contributed by atoms with van der Waals surface area (Å²) in [5, 5.41) is 0. The number of para-hydroxylation sites is 1. The zero-order valence-corrected chi connectivity index (χ0v) is 14.1. The van der Waals surface area contributed by atoms with Crippen LogP contribution in [-0.4, -0.2) is 49.0 Å². The molecule has 1 fully saturated rings. The molecule has 1 aliphatic heterocycles. The topological polar surface area (TPSA) is 48.0 Å². The van der Waals surface area contributed by atoms with Crippen LogP contribution in [0.25, 0.3) is 0 Å². The molecular formula is C17H23F2NO4. The molecule has 0 aliphatic carbocycles. The monoisotopic (exact) mass is 343 g/mol. The Kier molecular flexibility index (Phi) is 5.99. The second kappa shape index (κ2) is 7.79. The molecule has 7 heteroatoms. The van der Waals surface area contributed by atoms with Gasteiger partial charge in [-0.05, 0) is 32.4 Å². The van der Waals surface area contributed by atoms with Crippen molar-refractivity contribution in [2.75, 3.05) is 19.7 Å². The molecule has 0 spiro atoms. The van der Waals surface area contributed by atoms with Crippen molar-refractivity contribution in [1.29, 1.82) is 0 Å². The number of amides is 1. The van der Waals surface area contributed by atoms with Crippen LogP contribution in [0.3, 0.4) is 0 Å². The number of halogens is 2. The van der Waals surface area contributed by atoms with Gasteiger partial charge in [0.15, 0.2) is 0 Å². The van der Waals surface area contributed by atoms with Crippen molar-refractivity contribution < 1.29 is 27.8 Å². The van der Waals surface area contributed by atoms with Crippen LogP contribution in [0.5, 0.6) is 5.75 Å². The highest BCUT2D eigenvalue weighted by molar-refractivity contribution is 5.68. The Bertz CT molecular complexity index is 560. The highest BCUT2D eigenvalue weighted by Gasteiger charge is 2.28. The van der Waals surface area contributed by atoms with Crippen LogP contribution in [-0.2, 0) is 15.9 Å². The van der Waals surface area contributed by atoms with Crippen LogP contribution in [0.4, 0.5) is 13.6 Å². The molecule has 2 rings (SSSR count). The lowest BCUT2D eigenvalue weighted by atomic mass is 10.1. The maximum Gasteiger partial charge on any atom is 0.410 e. The maximum atomic E-state index is 12.5. The number of ether oxygens (including phenoxy) is 3. The number of carbonyl (C=O) groups is 1. The molecular weight excluding hydrogens is 320 g/mol. The van der Waals surface area contributed by atoms with E-state index in [4.69, 9.17) is 9.47 Å². The number of nitrogens with zero attached hydrogens (tertiary/aromatic N) is 1. The minimum atomic E-state index is -2.88. The van der Waals surface area contributed by atoms with Gasteiger partial charge < -0.3 is 19.1 Å². The summed E-state index contributed by atoms with van der Waals surface area (Å²) in [6.07, 6.45) is -0.316. The fourth-order valence-corrected chi connectivity index (χ4v) is 2.46. The van der Waals surface area contributed by atoms with Crippen LogP contribution in [0.2, 0.25) is 0 Å². The van der Waals surface area contributed by atoms with E-state index >= 15 is 0 Å². The fraction of sp³-hybridized carbons (Fsp3) is 0.588. The number of morpholine rings is 1. The van der Waals surface area contributed by atoms with Gasteiger partial charge >= 0.3 is 12.7 Å². The summed E-state index contributed by atoms with van der Waals surface area (Å²) < 4.78 is 40.5. The van der Waals surface area contributed by atoms with E-state index in [1.54, 1.807) is 43.9 Å². The number of hydrogen-bond donors (Lipinski definition) is 0. The normalized spacial score (nSPS) is 18.6. The fourth-order valence-electron chi connectivity index (χ4n) is 2.46. The number of carbonyl (C=O) groups excluding carboxylic acids is 1. The summed E-state index contributed by atoms with van der Waals surface area (Å²) in [5.74, 6) is 0.130. The van der Waals surface area contributed by atoms with Gasteiger partial charge in [-0.15, -0.1) is 0 Å². The molecule has 5 nitrogen and oxygen atoms in total. The van der Waals surface area contributed by atoms with Crippen molar-refractivity contribution >= 4 is 6.09 Å². The molecule has 24 heavy (non-hydrogen) atoms. The van der Waals surface area contributed by atoms with Crippen molar-refractivity contribution in [3.8, 4) is 5.75 Å². The Hall–Kier alpha value is -1.89. The van der Waals surface area contributed by atoms with Crippen molar-refractivity contribution in [1.82, 2.24) is 4.90 Å². The molecule has 0 N–H and O–H groups in total. The lowest BCUT2D eigenvalue weighted by Gasteiger charge is -2.34. The van der Waals surface area contributed by atoms with Gasteiger partial charge in [0.2, 0.25) is 0 Å². The summed E-state index contributed by atoms with van der Waals surface area (Å²) in [6.45, 7) is 3.71. The SMILES string of the molecule is CC(C)(C)OC(=O)N1CCO[C@H](Cc2ccccc2OC(F)F)C1. The number of hydrogen-bond acceptors (Lipinski definition) is 4. The number of alkyl halides is 2. The third-order valence-electron chi connectivity index (χ3n) is 3.43. The molecule has 1 aromatic carbocycles. The quantitative estimate of drug-likeness (QED) is 0.840. The molecule has 1 aromatic rings. The molecule has 1 saturated heterocycles. The standard InChI is InChI=1S/C17H23F2NO4/c1-17(2,3)24-16(21)20-8-9-22-13(11-20)10-12-6-4-5-7-14(12)23-15(18)19/h4-7,13,15H,8-11H2,1-3H3/t13-/m1/s1. The van der Waals surface area contributed by atoms with E-state index in [0.717, 1.165) is 0 Å². The molecule has 0 unspecified atom stereocenters. The van der Waals surface area contributed by atoms with E-state index in [2.05, 4.69) is 4.74 Å². The minimum absolute atomic E-state index is 0.130. The smallest absolute Gasteiger partial charge is 0.410 e. The van der Waals surface area contributed by atoms with Crippen LogP contribution in [0.1, 0.15) is 26.3 Å². The van der Waals surface area contributed by atoms with Crippen LogP contribution in [0.15, 0.2) is 24.3 Å². The first-order chi connectivity index (χ1) is 11.2. The highest BCUT2D eigenvalue weighted by Crippen LogP contribution is 2.24. The predicted octanol–water partition coefficient (Wildman–Crippen LogP) is 3.47. The summed E-state index contributed by atoms with van der Waals surface area (Å²) in [4.78, 5) is 13.7. The molecule has 0 aromatic heterocycles. The highest BCUT2D eigenvalue weighted by atomic mass is 19.3. The molecule has 134 valence electrons. The largest absolute Gasteiger partial charge is 0.444 e. The lowest BCUT2D eigenvalue weighted by molar-refractivity contribution is -0.0530. The van der Waals surface area contributed by atoms with Crippen molar-refractivity contribution in [3.05, 3.63) is 29.8 Å². The van der Waals surface area contributed by atoms with E-state index in [-0.39, 0.29) is 11.9 Å². The van der Waals surface area contributed by atoms with E-state index in [1.165, 1.54) is 6.07 Å². The number of rotatable bonds is 4. The molecule has 1 heterocycles. The first-order valence-corrected chi connectivity index (χ1v) is 7.87. The van der Waals surface area contributed by atoms with E-state index in [9.17, 15) is 13.6 Å². The lowest BCUT2D eigenvalue weighted by Crippen LogP contribution is -2.48. The van der Waals surface area contributed by atoms with Crippen LogP contribution in [0, 0.1) is 0 Å². The van der Waals surface area contributed by atoms with Gasteiger partial charge in [0.05, 0.1) is 19.3 Å².